The number of rotatable bonds is 3. The molecule has 0 saturated heterocycles. The molecule has 1 aliphatic heterocycles. The number of allylic oxidation sites excluding steroid dienone is 1. The molecule has 2 heterocycles. The second-order valence-electron chi connectivity index (χ2n) is 5.75. The standard InChI is InChI=1S/C21H12ClNO4/c22-17-4-2-1-3-15(17)21(25)26-14-5-6-16-18(12-14)27-19(20(16)24)11-13-7-9-23-10-8-13/h1-12H. The lowest BCUT2D eigenvalue weighted by atomic mass is 10.1. The normalized spacial score (nSPS) is 14.0. The summed E-state index contributed by atoms with van der Waals surface area (Å²) >= 11 is 6.01. The summed E-state index contributed by atoms with van der Waals surface area (Å²) in [6.07, 6.45) is 4.90. The van der Waals surface area contributed by atoms with Crippen LogP contribution in [0.2, 0.25) is 5.02 Å². The molecular formula is C21H12ClNO4. The predicted molar refractivity (Wildman–Crippen MR) is 100 cm³/mol. The molecule has 0 spiro atoms. The third-order valence-corrected chi connectivity index (χ3v) is 4.28. The Bertz CT molecular complexity index is 1080. The maximum atomic E-state index is 12.5. The van der Waals surface area contributed by atoms with Crippen LogP contribution < -0.4 is 9.47 Å². The summed E-state index contributed by atoms with van der Waals surface area (Å²) in [5.41, 5.74) is 1.47. The number of benzene rings is 2. The van der Waals surface area contributed by atoms with E-state index in [1.807, 2.05) is 0 Å². The number of pyridine rings is 1. The van der Waals surface area contributed by atoms with Crippen LogP contribution in [-0.4, -0.2) is 16.7 Å². The minimum atomic E-state index is -0.586. The predicted octanol–water partition coefficient (Wildman–Crippen LogP) is 4.57. The molecule has 0 radical (unpaired) electrons. The number of halogens is 1. The molecule has 6 heteroatoms. The van der Waals surface area contributed by atoms with Crippen LogP contribution in [0.1, 0.15) is 26.3 Å². The fraction of sp³-hybridized carbons (Fsp3) is 0. The Labute approximate surface area is 159 Å². The van der Waals surface area contributed by atoms with Crippen molar-refractivity contribution < 1.29 is 19.1 Å². The van der Waals surface area contributed by atoms with Crippen molar-refractivity contribution >= 4 is 29.4 Å². The van der Waals surface area contributed by atoms with Crippen LogP contribution >= 0.6 is 11.6 Å². The maximum absolute atomic E-state index is 12.5. The van der Waals surface area contributed by atoms with Crippen molar-refractivity contribution in [1.82, 2.24) is 4.98 Å². The molecule has 0 N–H and O–H groups in total. The number of hydrogen-bond acceptors (Lipinski definition) is 5. The molecule has 0 aliphatic carbocycles. The number of Topliss-reactive ketones (excluding diaryl/α,β-unsaturated/α-hetero) is 1. The zero-order valence-corrected chi connectivity index (χ0v) is 14.6. The van der Waals surface area contributed by atoms with E-state index in [9.17, 15) is 9.59 Å². The molecule has 0 atom stereocenters. The third-order valence-electron chi connectivity index (χ3n) is 3.95. The van der Waals surface area contributed by atoms with E-state index >= 15 is 0 Å². The summed E-state index contributed by atoms with van der Waals surface area (Å²) < 4.78 is 11.0. The summed E-state index contributed by atoms with van der Waals surface area (Å²) in [5.74, 6) is -0.0182. The van der Waals surface area contributed by atoms with Gasteiger partial charge in [0.2, 0.25) is 5.78 Å². The molecule has 132 valence electrons. The van der Waals surface area contributed by atoms with Gasteiger partial charge < -0.3 is 9.47 Å². The highest BCUT2D eigenvalue weighted by atomic mass is 35.5. The average molecular weight is 378 g/mol. The molecule has 0 amide bonds. The van der Waals surface area contributed by atoms with Gasteiger partial charge in [0.25, 0.3) is 0 Å². The van der Waals surface area contributed by atoms with Crippen molar-refractivity contribution in [3.63, 3.8) is 0 Å². The van der Waals surface area contributed by atoms with Crippen LogP contribution in [-0.2, 0) is 0 Å². The van der Waals surface area contributed by atoms with Gasteiger partial charge in [0.1, 0.15) is 11.5 Å². The second-order valence-corrected chi connectivity index (χ2v) is 6.15. The van der Waals surface area contributed by atoms with Crippen LogP contribution in [0, 0.1) is 0 Å². The zero-order chi connectivity index (χ0) is 18.8. The fourth-order valence-electron chi connectivity index (χ4n) is 2.63. The number of ether oxygens (including phenoxy) is 2. The number of hydrogen-bond donors (Lipinski definition) is 0. The molecule has 27 heavy (non-hydrogen) atoms. The number of ketones is 1. The first kappa shape index (κ1) is 17.0. The molecule has 4 rings (SSSR count). The first-order valence-corrected chi connectivity index (χ1v) is 8.44. The van der Waals surface area contributed by atoms with Crippen molar-refractivity contribution in [2.45, 2.75) is 0 Å². The smallest absolute Gasteiger partial charge is 0.345 e. The van der Waals surface area contributed by atoms with Gasteiger partial charge in [-0.3, -0.25) is 9.78 Å². The van der Waals surface area contributed by atoms with Gasteiger partial charge in [0, 0.05) is 18.5 Å². The zero-order valence-electron chi connectivity index (χ0n) is 13.9. The third kappa shape index (κ3) is 3.45. The van der Waals surface area contributed by atoms with Gasteiger partial charge in [-0.1, -0.05) is 23.7 Å². The number of carbonyl (C=O) groups is 2. The monoisotopic (exact) mass is 377 g/mol. The van der Waals surface area contributed by atoms with Gasteiger partial charge in [-0.25, -0.2) is 4.79 Å². The molecule has 5 nitrogen and oxygen atoms in total. The first-order chi connectivity index (χ1) is 13.1. The molecular weight excluding hydrogens is 366 g/mol. The van der Waals surface area contributed by atoms with E-state index in [0.29, 0.717) is 16.3 Å². The minimum Gasteiger partial charge on any atom is -0.452 e. The number of carbonyl (C=O) groups excluding carboxylic acids is 2. The second kappa shape index (κ2) is 7.05. The van der Waals surface area contributed by atoms with Crippen molar-refractivity contribution in [2.75, 3.05) is 0 Å². The van der Waals surface area contributed by atoms with Crippen molar-refractivity contribution in [3.8, 4) is 11.5 Å². The van der Waals surface area contributed by atoms with E-state index in [1.165, 1.54) is 6.07 Å². The number of aromatic nitrogens is 1. The lowest BCUT2D eigenvalue weighted by Gasteiger charge is -2.06. The summed E-state index contributed by atoms with van der Waals surface area (Å²) in [5, 5.41) is 0.303. The summed E-state index contributed by atoms with van der Waals surface area (Å²) in [6.45, 7) is 0. The molecule has 0 unspecified atom stereocenters. The largest absolute Gasteiger partial charge is 0.452 e. The first-order valence-electron chi connectivity index (χ1n) is 8.07. The average Bonchev–Trinajstić information content (AvgIpc) is 2.98. The lowest BCUT2D eigenvalue weighted by molar-refractivity contribution is 0.0734. The van der Waals surface area contributed by atoms with E-state index in [1.54, 1.807) is 67.0 Å². The minimum absolute atomic E-state index is 0.200. The maximum Gasteiger partial charge on any atom is 0.345 e. The van der Waals surface area contributed by atoms with Gasteiger partial charge in [-0.15, -0.1) is 0 Å². The molecule has 1 aromatic heterocycles. The Hall–Kier alpha value is -3.44. The summed E-state index contributed by atoms with van der Waals surface area (Å²) in [7, 11) is 0. The summed E-state index contributed by atoms with van der Waals surface area (Å²) in [4.78, 5) is 28.7. The SMILES string of the molecule is O=C(Oc1ccc2c(c1)OC(=Cc1ccncc1)C2=O)c1ccccc1Cl. The van der Waals surface area contributed by atoms with Gasteiger partial charge >= 0.3 is 5.97 Å². The lowest BCUT2D eigenvalue weighted by Crippen LogP contribution is -2.09. The quantitative estimate of drug-likeness (QED) is 0.380. The van der Waals surface area contributed by atoms with E-state index in [0.717, 1.165) is 5.56 Å². The Morgan fingerprint density at radius 3 is 2.63 bits per heavy atom. The molecule has 3 aromatic rings. The van der Waals surface area contributed by atoms with Crippen molar-refractivity contribution in [3.05, 3.63) is 94.5 Å². The van der Waals surface area contributed by atoms with Crippen LogP contribution in [0.4, 0.5) is 0 Å². The highest BCUT2D eigenvalue weighted by molar-refractivity contribution is 6.33. The van der Waals surface area contributed by atoms with E-state index < -0.39 is 5.97 Å². The van der Waals surface area contributed by atoms with Gasteiger partial charge in [-0.2, -0.15) is 0 Å². The molecule has 0 fully saturated rings. The van der Waals surface area contributed by atoms with E-state index in [-0.39, 0.29) is 22.9 Å². The van der Waals surface area contributed by atoms with Crippen LogP contribution in [0.25, 0.3) is 6.08 Å². The number of fused-ring (bicyclic) bond motifs is 1. The van der Waals surface area contributed by atoms with Crippen LogP contribution in [0.5, 0.6) is 11.5 Å². The topological polar surface area (TPSA) is 65.5 Å². The van der Waals surface area contributed by atoms with E-state index in [2.05, 4.69) is 4.98 Å². The summed E-state index contributed by atoms with van der Waals surface area (Å²) in [6, 6.07) is 14.8. The fourth-order valence-corrected chi connectivity index (χ4v) is 2.84. The Balaban J connectivity index is 1.57. The Morgan fingerprint density at radius 1 is 1.07 bits per heavy atom. The highest BCUT2D eigenvalue weighted by Gasteiger charge is 2.28. The number of esters is 1. The van der Waals surface area contributed by atoms with Crippen LogP contribution in [0.3, 0.4) is 0 Å². The van der Waals surface area contributed by atoms with Gasteiger partial charge in [-0.05, 0) is 48.0 Å². The van der Waals surface area contributed by atoms with Crippen molar-refractivity contribution in [2.24, 2.45) is 0 Å². The molecule has 2 aromatic carbocycles. The Morgan fingerprint density at radius 2 is 1.85 bits per heavy atom. The van der Waals surface area contributed by atoms with Gasteiger partial charge in [0.15, 0.2) is 5.76 Å². The highest BCUT2D eigenvalue weighted by Crippen LogP contribution is 2.35. The molecule has 1 aliphatic rings. The number of nitrogens with zero attached hydrogens (tertiary/aromatic N) is 1. The Kier molecular flexibility index (Phi) is 4.44. The van der Waals surface area contributed by atoms with Gasteiger partial charge in [0.05, 0.1) is 16.1 Å². The molecule has 0 bridgehead atoms. The van der Waals surface area contributed by atoms with Crippen molar-refractivity contribution in [1.29, 1.82) is 0 Å². The van der Waals surface area contributed by atoms with Crippen LogP contribution in [0.15, 0.2) is 72.8 Å². The molecule has 0 saturated carbocycles. The van der Waals surface area contributed by atoms with E-state index in [4.69, 9.17) is 21.1 Å².